The molecule has 3 heteroatoms. The second-order valence-corrected chi connectivity index (χ2v) is 5.92. The van der Waals surface area contributed by atoms with Crippen molar-refractivity contribution < 1.29 is 4.79 Å². The van der Waals surface area contributed by atoms with Crippen LogP contribution in [0.2, 0.25) is 0 Å². The molecule has 0 radical (unpaired) electrons. The van der Waals surface area contributed by atoms with E-state index >= 15 is 0 Å². The normalized spacial score (nSPS) is 11.9. The van der Waals surface area contributed by atoms with Gasteiger partial charge in [0.2, 0.25) is 5.91 Å². The van der Waals surface area contributed by atoms with Gasteiger partial charge in [-0.3, -0.25) is 4.79 Å². The number of halogens is 1. The fourth-order valence-electron chi connectivity index (χ4n) is 2.13. The van der Waals surface area contributed by atoms with Crippen molar-refractivity contribution in [1.29, 1.82) is 0 Å². The summed E-state index contributed by atoms with van der Waals surface area (Å²) in [6.07, 6.45) is 0.419. The van der Waals surface area contributed by atoms with Crippen molar-refractivity contribution in [3.8, 4) is 0 Å². The minimum atomic E-state index is 0.0143. The van der Waals surface area contributed by atoms with E-state index in [9.17, 15) is 4.79 Å². The van der Waals surface area contributed by atoms with Gasteiger partial charge in [0.1, 0.15) is 0 Å². The van der Waals surface area contributed by atoms with Crippen LogP contribution in [0.5, 0.6) is 0 Å². The number of carbonyl (C=O) groups excluding carboxylic acids is 1. The van der Waals surface area contributed by atoms with Crippen molar-refractivity contribution in [3.63, 3.8) is 0 Å². The topological polar surface area (TPSA) is 29.1 Å². The molecule has 0 aliphatic carbocycles. The van der Waals surface area contributed by atoms with E-state index in [1.54, 1.807) is 0 Å². The summed E-state index contributed by atoms with van der Waals surface area (Å²) in [5.74, 6) is 0.0472. The van der Waals surface area contributed by atoms with Crippen LogP contribution in [-0.2, 0) is 11.2 Å². The van der Waals surface area contributed by atoms with Crippen molar-refractivity contribution in [1.82, 2.24) is 5.32 Å². The molecule has 1 amide bonds. The van der Waals surface area contributed by atoms with Crippen molar-refractivity contribution in [2.24, 2.45) is 0 Å². The molecule has 20 heavy (non-hydrogen) atoms. The van der Waals surface area contributed by atoms with E-state index in [2.05, 4.69) is 21.2 Å². The van der Waals surface area contributed by atoms with Crippen LogP contribution in [0.3, 0.4) is 0 Å². The molecule has 0 aromatic heterocycles. The summed E-state index contributed by atoms with van der Waals surface area (Å²) < 4.78 is 1.04. The van der Waals surface area contributed by atoms with Gasteiger partial charge in [0.15, 0.2) is 0 Å². The number of hydrogen-bond donors (Lipinski definition) is 1. The number of carbonyl (C=O) groups is 1. The lowest BCUT2D eigenvalue weighted by atomic mass is 10.1. The molecular weight excluding hydrogens is 314 g/mol. The van der Waals surface area contributed by atoms with Gasteiger partial charge >= 0.3 is 0 Å². The van der Waals surface area contributed by atoms with Gasteiger partial charge in [0, 0.05) is 4.47 Å². The van der Waals surface area contributed by atoms with Crippen LogP contribution in [0.15, 0.2) is 53.0 Å². The van der Waals surface area contributed by atoms with Gasteiger partial charge in [-0.05, 0) is 37.1 Å². The molecule has 0 bridgehead atoms. The highest BCUT2D eigenvalue weighted by Crippen LogP contribution is 2.16. The molecule has 0 fully saturated rings. The van der Waals surface area contributed by atoms with Crippen LogP contribution in [0, 0.1) is 6.92 Å². The number of nitrogens with one attached hydrogen (secondary N) is 1. The summed E-state index contributed by atoms with van der Waals surface area (Å²) in [4.78, 5) is 12.1. The molecule has 0 aliphatic rings. The van der Waals surface area contributed by atoms with Gasteiger partial charge in [-0.15, -0.1) is 0 Å². The maximum atomic E-state index is 12.1. The third-order valence-electron chi connectivity index (χ3n) is 3.19. The molecule has 2 aromatic carbocycles. The molecule has 0 aliphatic heterocycles. The zero-order valence-corrected chi connectivity index (χ0v) is 13.3. The summed E-state index contributed by atoms with van der Waals surface area (Å²) in [6, 6.07) is 16.1. The fraction of sp³-hybridized carbons (Fsp3) is 0.235. The summed E-state index contributed by atoms with van der Waals surface area (Å²) >= 11 is 3.41. The fourth-order valence-corrected chi connectivity index (χ4v) is 2.40. The van der Waals surface area contributed by atoms with Crippen molar-refractivity contribution in [3.05, 3.63) is 69.7 Å². The van der Waals surface area contributed by atoms with E-state index in [1.807, 2.05) is 62.4 Å². The van der Waals surface area contributed by atoms with Crippen LogP contribution in [0.25, 0.3) is 0 Å². The zero-order chi connectivity index (χ0) is 14.5. The number of amides is 1. The molecule has 0 heterocycles. The third-order valence-corrected chi connectivity index (χ3v) is 3.72. The molecule has 104 valence electrons. The Morgan fingerprint density at radius 2 is 1.90 bits per heavy atom. The lowest BCUT2D eigenvalue weighted by Crippen LogP contribution is -2.28. The Bertz CT molecular complexity index is 592. The number of hydrogen-bond acceptors (Lipinski definition) is 1. The maximum Gasteiger partial charge on any atom is 0.224 e. The average Bonchev–Trinajstić information content (AvgIpc) is 2.39. The summed E-state index contributed by atoms with van der Waals surface area (Å²) in [5, 5.41) is 3.03. The van der Waals surface area contributed by atoms with E-state index in [1.165, 1.54) is 5.56 Å². The van der Waals surface area contributed by atoms with Crippen molar-refractivity contribution >= 4 is 21.8 Å². The number of rotatable bonds is 4. The van der Waals surface area contributed by atoms with Gasteiger partial charge in [-0.1, -0.05) is 57.9 Å². The molecule has 1 atom stereocenters. The quantitative estimate of drug-likeness (QED) is 0.894. The van der Waals surface area contributed by atoms with Gasteiger partial charge in [-0.2, -0.15) is 0 Å². The lowest BCUT2D eigenvalue weighted by molar-refractivity contribution is -0.121. The summed E-state index contributed by atoms with van der Waals surface area (Å²) in [7, 11) is 0. The summed E-state index contributed by atoms with van der Waals surface area (Å²) in [5.41, 5.74) is 3.33. The largest absolute Gasteiger partial charge is 0.349 e. The molecule has 2 nitrogen and oxygen atoms in total. The van der Waals surface area contributed by atoms with Crippen LogP contribution in [-0.4, -0.2) is 5.91 Å². The third kappa shape index (κ3) is 4.20. The first-order valence-corrected chi connectivity index (χ1v) is 7.44. The molecule has 2 rings (SSSR count). The van der Waals surface area contributed by atoms with E-state index in [4.69, 9.17) is 0 Å². The predicted molar refractivity (Wildman–Crippen MR) is 85.6 cm³/mol. The average molecular weight is 332 g/mol. The Balaban J connectivity index is 1.95. The van der Waals surface area contributed by atoms with Gasteiger partial charge in [-0.25, -0.2) is 0 Å². The lowest BCUT2D eigenvalue weighted by Gasteiger charge is -2.14. The maximum absolute atomic E-state index is 12.1. The molecule has 0 spiro atoms. The second kappa shape index (κ2) is 6.71. The highest BCUT2D eigenvalue weighted by atomic mass is 79.9. The van der Waals surface area contributed by atoms with Crippen LogP contribution < -0.4 is 5.32 Å². The molecule has 1 unspecified atom stereocenters. The standard InChI is InChI=1S/C17H18BrNO/c1-12-4-3-5-14(10-12)11-17(20)19-13(2)15-6-8-16(18)9-7-15/h3-10,13H,11H2,1-2H3,(H,19,20). The van der Waals surface area contributed by atoms with E-state index in [0.717, 1.165) is 15.6 Å². The highest BCUT2D eigenvalue weighted by Gasteiger charge is 2.10. The first kappa shape index (κ1) is 14.8. The Morgan fingerprint density at radius 3 is 2.55 bits per heavy atom. The number of benzene rings is 2. The Morgan fingerprint density at radius 1 is 1.20 bits per heavy atom. The first-order chi connectivity index (χ1) is 9.54. The molecule has 0 saturated heterocycles. The molecule has 2 aromatic rings. The molecule has 1 N–H and O–H groups in total. The molecule has 0 saturated carbocycles. The second-order valence-electron chi connectivity index (χ2n) is 5.01. The zero-order valence-electron chi connectivity index (χ0n) is 11.7. The Labute approximate surface area is 128 Å². The van der Waals surface area contributed by atoms with Crippen LogP contribution in [0.1, 0.15) is 29.7 Å². The minimum Gasteiger partial charge on any atom is -0.349 e. The van der Waals surface area contributed by atoms with E-state index in [-0.39, 0.29) is 11.9 Å². The Hall–Kier alpha value is -1.61. The summed E-state index contributed by atoms with van der Waals surface area (Å²) in [6.45, 7) is 4.03. The monoisotopic (exact) mass is 331 g/mol. The van der Waals surface area contributed by atoms with Crippen molar-refractivity contribution in [2.75, 3.05) is 0 Å². The SMILES string of the molecule is Cc1cccc(CC(=O)NC(C)c2ccc(Br)cc2)c1. The van der Waals surface area contributed by atoms with Crippen LogP contribution in [0.4, 0.5) is 0 Å². The highest BCUT2D eigenvalue weighted by molar-refractivity contribution is 9.10. The van der Waals surface area contributed by atoms with Gasteiger partial charge in [0.25, 0.3) is 0 Å². The van der Waals surface area contributed by atoms with Crippen molar-refractivity contribution in [2.45, 2.75) is 26.3 Å². The van der Waals surface area contributed by atoms with E-state index < -0.39 is 0 Å². The van der Waals surface area contributed by atoms with Gasteiger partial charge < -0.3 is 5.32 Å². The smallest absolute Gasteiger partial charge is 0.224 e. The van der Waals surface area contributed by atoms with Gasteiger partial charge in [0.05, 0.1) is 12.5 Å². The predicted octanol–water partition coefficient (Wildman–Crippen LogP) is 4.18. The van der Waals surface area contributed by atoms with E-state index in [0.29, 0.717) is 6.42 Å². The Kier molecular flexibility index (Phi) is 4.96. The minimum absolute atomic E-state index is 0.0143. The number of aryl methyl sites for hydroxylation is 1. The first-order valence-electron chi connectivity index (χ1n) is 6.65. The van der Waals surface area contributed by atoms with Crippen LogP contribution >= 0.6 is 15.9 Å². The molecular formula is C17H18BrNO.